The molecule has 0 aliphatic carbocycles. The van der Waals surface area contributed by atoms with E-state index in [2.05, 4.69) is 4.98 Å². The van der Waals surface area contributed by atoms with Gasteiger partial charge in [0, 0.05) is 17.2 Å². The monoisotopic (exact) mass is 437 g/mol. The van der Waals surface area contributed by atoms with Crippen molar-refractivity contribution in [3.8, 4) is 45.1 Å². The number of hydrogen-bond donors (Lipinski definition) is 2. The average molecular weight is 438 g/mol. The summed E-state index contributed by atoms with van der Waals surface area (Å²) < 4.78 is 10.2. The second-order valence-electron chi connectivity index (χ2n) is 6.94. The second kappa shape index (κ2) is 7.77. The molecule has 4 aromatic rings. The van der Waals surface area contributed by atoms with Crippen LogP contribution in [0.3, 0.4) is 0 Å². The van der Waals surface area contributed by atoms with Crippen LogP contribution in [0.4, 0.5) is 0 Å². The second-order valence-corrected chi connectivity index (χ2v) is 7.38. The van der Waals surface area contributed by atoms with Crippen LogP contribution in [-0.2, 0) is 0 Å². The number of halogens is 1. The highest BCUT2D eigenvalue weighted by atomic mass is 35.5. The summed E-state index contributed by atoms with van der Waals surface area (Å²) in [5.41, 5.74) is -0.510. The van der Waals surface area contributed by atoms with Crippen LogP contribution in [-0.4, -0.2) is 15.2 Å². The fourth-order valence-electron chi connectivity index (χ4n) is 3.26. The van der Waals surface area contributed by atoms with Crippen molar-refractivity contribution in [3.63, 3.8) is 0 Å². The van der Waals surface area contributed by atoms with Crippen molar-refractivity contribution in [1.29, 1.82) is 0 Å². The minimum Gasteiger partial charge on any atom is -0.507 e. The maximum Gasteiger partial charge on any atom is 0.349 e. The number of benzene rings is 1. The Balaban J connectivity index is 2.05. The summed E-state index contributed by atoms with van der Waals surface area (Å²) in [6, 6.07) is 12.6. The quantitative estimate of drug-likeness (QED) is 0.478. The van der Waals surface area contributed by atoms with E-state index >= 15 is 0 Å². The van der Waals surface area contributed by atoms with Crippen LogP contribution in [0.1, 0.15) is 11.5 Å². The highest BCUT2D eigenvalue weighted by Gasteiger charge is 2.20. The first-order valence-corrected chi connectivity index (χ1v) is 9.57. The number of hydrogen-bond acceptors (Lipinski definition) is 7. The van der Waals surface area contributed by atoms with Gasteiger partial charge in [0.1, 0.15) is 34.1 Å². The van der Waals surface area contributed by atoms with Crippen LogP contribution in [0, 0.1) is 13.8 Å². The summed E-state index contributed by atoms with van der Waals surface area (Å²) >= 11 is 5.98. The van der Waals surface area contributed by atoms with E-state index in [0.717, 1.165) is 0 Å². The predicted octanol–water partition coefficient (Wildman–Crippen LogP) is 4.67. The standard InChI is InChI=1S/C23H16ClNO6/c1-11-7-18(26)20(22(28)30-11)16-9-14(13-3-5-15(24)6-4-13)10-17(25-16)21-19(27)8-12(2)31-23(21)29/h3-10,26-27H,1-2H3. The third kappa shape index (κ3) is 3.95. The number of pyridine rings is 1. The maximum atomic E-state index is 12.5. The Labute approximate surface area is 180 Å². The number of aryl methyl sites for hydroxylation is 2. The Bertz CT molecular complexity index is 1340. The lowest BCUT2D eigenvalue weighted by Gasteiger charge is -2.11. The number of rotatable bonds is 3. The average Bonchev–Trinajstić information content (AvgIpc) is 2.67. The van der Waals surface area contributed by atoms with Gasteiger partial charge in [0.25, 0.3) is 0 Å². The summed E-state index contributed by atoms with van der Waals surface area (Å²) in [6.45, 7) is 3.06. The van der Waals surface area contributed by atoms with Crippen LogP contribution < -0.4 is 11.3 Å². The number of aromatic nitrogens is 1. The van der Waals surface area contributed by atoms with Gasteiger partial charge >= 0.3 is 11.3 Å². The Morgan fingerprint density at radius 2 is 1.19 bits per heavy atom. The molecule has 0 fully saturated rings. The smallest absolute Gasteiger partial charge is 0.349 e. The lowest BCUT2D eigenvalue weighted by atomic mass is 10.0. The molecule has 0 spiro atoms. The molecule has 7 nitrogen and oxygen atoms in total. The van der Waals surface area contributed by atoms with E-state index in [1.165, 1.54) is 26.0 Å². The van der Waals surface area contributed by atoms with Crippen molar-refractivity contribution in [2.75, 3.05) is 0 Å². The molecule has 0 saturated carbocycles. The Morgan fingerprint density at radius 3 is 1.61 bits per heavy atom. The molecule has 0 aliphatic heterocycles. The first-order chi connectivity index (χ1) is 14.7. The predicted molar refractivity (Wildman–Crippen MR) is 115 cm³/mol. The van der Waals surface area contributed by atoms with E-state index in [4.69, 9.17) is 20.4 Å². The van der Waals surface area contributed by atoms with Gasteiger partial charge in [0.15, 0.2) is 0 Å². The first-order valence-electron chi connectivity index (χ1n) is 9.19. The van der Waals surface area contributed by atoms with Gasteiger partial charge in [-0.1, -0.05) is 23.7 Å². The molecule has 0 saturated heterocycles. The van der Waals surface area contributed by atoms with Crippen molar-refractivity contribution < 1.29 is 19.0 Å². The van der Waals surface area contributed by atoms with Crippen molar-refractivity contribution in [3.05, 3.63) is 85.9 Å². The minimum atomic E-state index is -0.788. The van der Waals surface area contributed by atoms with E-state index in [-0.39, 0.29) is 45.5 Å². The zero-order chi connectivity index (χ0) is 22.3. The highest BCUT2D eigenvalue weighted by molar-refractivity contribution is 6.30. The summed E-state index contributed by atoms with van der Waals surface area (Å²) in [4.78, 5) is 29.3. The zero-order valence-electron chi connectivity index (χ0n) is 16.5. The molecule has 3 aromatic heterocycles. The van der Waals surface area contributed by atoms with Crippen molar-refractivity contribution in [1.82, 2.24) is 4.98 Å². The molecule has 8 heteroatoms. The lowest BCUT2D eigenvalue weighted by molar-refractivity contribution is 0.438. The Hall–Kier alpha value is -3.84. The molecule has 2 N–H and O–H groups in total. The number of nitrogens with zero attached hydrogens (tertiary/aromatic N) is 1. The fraction of sp³-hybridized carbons (Fsp3) is 0.0870. The van der Waals surface area contributed by atoms with Gasteiger partial charge in [-0.15, -0.1) is 0 Å². The molecule has 0 bridgehead atoms. The molecule has 0 aliphatic rings. The molecule has 0 atom stereocenters. The van der Waals surface area contributed by atoms with Crippen molar-refractivity contribution in [2.45, 2.75) is 13.8 Å². The van der Waals surface area contributed by atoms with E-state index in [0.29, 0.717) is 16.1 Å². The van der Waals surface area contributed by atoms with Crippen LogP contribution >= 0.6 is 11.6 Å². The normalized spacial score (nSPS) is 10.9. The molecule has 4 rings (SSSR count). The molecule has 156 valence electrons. The molecule has 1 aromatic carbocycles. The molecule has 31 heavy (non-hydrogen) atoms. The Kier molecular flexibility index (Phi) is 5.12. The van der Waals surface area contributed by atoms with E-state index in [1.807, 2.05) is 0 Å². The van der Waals surface area contributed by atoms with Gasteiger partial charge in [-0.2, -0.15) is 0 Å². The summed E-state index contributed by atoms with van der Waals surface area (Å²) in [7, 11) is 0. The molecule has 0 radical (unpaired) electrons. The van der Waals surface area contributed by atoms with E-state index < -0.39 is 11.3 Å². The first kappa shape index (κ1) is 20.4. The summed E-state index contributed by atoms with van der Waals surface area (Å²) in [5.74, 6) is -0.171. The summed E-state index contributed by atoms with van der Waals surface area (Å²) in [5, 5.41) is 21.3. The van der Waals surface area contributed by atoms with Gasteiger partial charge in [-0.3, -0.25) is 0 Å². The molecular weight excluding hydrogens is 422 g/mol. The van der Waals surface area contributed by atoms with Gasteiger partial charge in [0.05, 0.1) is 11.4 Å². The minimum absolute atomic E-state index is 0.0630. The lowest BCUT2D eigenvalue weighted by Crippen LogP contribution is -2.08. The molecule has 0 amide bonds. The van der Waals surface area contributed by atoms with E-state index in [1.54, 1.807) is 36.4 Å². The third-order valence-electron chi connectivity index (χ3n) is 4.62. The zero-order valence-corrected chi connectivity index (χ0v) is 17.2. The van der Waals surface area contributed by atoms with Crippen molar-refractivity contribution in [2.24, 2.45) is 0 Å². The molecule has 3 heterocycles. The molecule has 0 unspecified atom stereocenters. The number of aromatic hydroxyl groups is 2. The van der Waals surface area contributed by atoms with Gasteiger partial charge in [-0.25, -0.2) is 14.6 Å². The van der Waals surface area contributed by atoms with Gasteiger partial charge in [-0.05, 0) is 49.2 Å². The topological polar surface area (TPSA) is 114 Å². The van der Waals surface area contributed by atoms with E-state index in [9.17, 15) is 19.8 Å². The highest BCUT2D eigenvalue weighted by Crippen LogP contribution is 2.34. The summed E-state index contributed by atoms with van der Waals surface area (Å²) in [6.07, 6.45) is 0. The Morgan fingerprint density at radius 1 is 0.742 bits per heavy atom. The third-order valence-corrected chi connectivity index (χ3v) is 4.88. The SMILES string of the molecule is Cc1cc(O)c(-c2cc(-c3ccc(Cl)cc3)cc(-c3c(O)cc(C)oc3=O)n2)c(=O)o1. The van der Waals surface area contributed by atoms with Crippen LogP contribution in [0.15, 0.2) is 67.0 Å². The molecular formula is C23H16ClNO6. The van der Waals surface area contributed by atoms with Crippen LogP contribution in [0.25, 0.3) is 33.6 Å². The van der Waals surface area contributed by atoms with Crippen molar-refractivity contribution >= 4 is 11.6 Å². The van der Waals surface area contributed by atoms with Crippen LogP contribution in [0.2, 0.25) is 5.02 Å². The van der Waals surface area contributed by atoms with Gasteiger partial charge in [0.2, 0.25) is 0 Å². The fourth-order valence-corrected chi connectivity index (χ4v) is 3.39. The maximum absolute atomic E-state index is 12.5. The van der Waals surface area contributed by atoms with Gasteiger partial charge < -0.3 is 19.0 Å². The largest absolute Gasteiger partial charge is 0.507 e. The van der Waals surface area contributed by atoms with Crippen LogP contribution in [0.5, 0.6) is 11.5 Å².